The average Bonchev–Trinajstić information content (AvgIpc) is 2.99. The van der Waals surface area contributed by atoms with Gasteiger partial charge < -0.3 is 15.0 Å². The topological polar surface area (TPSA) is 88.7 Å². The summed E-state index contributed by atoms with van der Waals surface area (Å²) in [5, 5.41) is 2.63. The second-order valence-electron chi connectivity index (χ2n) is 6.59. The number of benzene rings is 1. The van der Waals surface area contributed by atoms with Gasteiger partial charge in [-0.25, -0.2) is 9.78 Å². The molecule has 0 aliphatic heterocycles. The highest BCUT2D eigenvalue weighted by atomic mass is 32.1. The van der Waals surface area contributed by atoms with Crippen molar-refractivity contribution in [2.75, 3.05) is 6.61 Å². The Morgan fingerprint density at radius 2 is 1.96 bits per heavy atom. The Kier molecular flexibility index (Phi) is 5.72. The maximum absolute atomic E-state index is 12.6. The molecule has 2 aromatic heterocycles. The van der Waals surface area contributed by atoms with Crippen molar-refractivity contribution in [3.05, 3.63) is 62.5 Å². The molecule has 1 aromatic carbocycles. The molecule has 0 bridgehead atoms. The highest BCUT2D eigenvalue weighted by molar-refractivity contribution is 7.20. The van der Waals surface area contributed by atoms with E-state index in [1.54, 1.807) is 13.8 Å². The van der Waals surface area contributed by atoms with Crippen LogP contribution in [0.2, 0.25) is 0 Å². The second kappa shape index (κ2) is 8.02. The van der Waals surface area contributed by atoms with Crippen molar-refractivity contribution in [1.82, 2.24) is 9.97 Å². The number of esters is 1. The Hall–Kier alpha value is -2.51. The van der Waals surface area contributed by atoms with Crippen LogP contribution in [0, 0.1) is 6.92 Å². The average molecular weight is 386 g/mol. The summed E-state index contributed by atoms with van der Waals surface area (Å²) in [6, 6.07) is 10.4. The smallest absolute Gasteiger partial charge is 0.348 e. The molecule has 0 fully saturated rings. The number of thiophene rings is 1. The summed E-state index contributed by atoms with van der Waals surface area (Å²) in [6.07, 6.45) is 0. The molecule has 3 rings (SSSR count). The molecule has 3 aromatic rings. The van der Waals surface area contributed by atoms with E-state index in [0.717, 1.165) is 0 Å². The van der Waals surface area contributed by atoms with Crippen LogP contribution in [-0.4, -0.2) is 22.5 Å². The standard InChI is InChI=1S/C20H23N3O3S/c1-5-26-20(25)16-11(2)15-18(24)22-17(23-19(15)27-16)13(4)21-12(3)14-9-7-6-8-10-14/h6-10,12-13,21H,5H2,1-4H3,(H,22,23,24)/p+1/t12-,13+/m0/s1. The highest BCUT2D eigenvalue weighted by Crippen LogP contribution is 2.28. The molecule has 3 N–H and O–H groups in total. The van der Waals surface area contributed by atoms with Crippen LogP contribution in [0.1, 0.15) is 59.5 Å². The molecule has 0 amide bonds. The molecule has 0 spiro atoms. The number of nitrogens with two attached hydrogens (primary N) is 1. The molecule has 0 saturated heterocycles. The van der Waals surface area contributed by atoms with Crippen molar-refractivity contribution >= 4 is 27.5 Å². The Bertz CT molecular complexity index is 1010. The van der Waals surface area contributed by atoms with Crippen LogP contribution in [-0.2, 0) is 4.74 Å². The van der Waals surface area contributed by atoms with Crippen LogP contribution in [0.25, 0.3) is 10.2 Å². The zero-order chi connectivity index (χ0) is 19.6. The number of rotatable bonds is 6. The van der Waals surface area contributed by atoms with E-state index >= 15 is 0 Å². The van der Waals surface area contributed by atoms with E-state index in [-0.39, 0.29) is 17.6 Å². The number of aryl methyl sites for hydroxylation is 1. The highest BCUT2D eigenvalue weighted by Gasteiger charge is 2.23. The third kappa shape index (κ3) is 3.94. The lowest BCUT2D eigenvalue weighted by atomic mass is 10.1. The summed E-state index contributed by atoms with van der Waals surface area (Å²) in [7, 11) is 0. The molecular weight excluding hydrogens is 362 g/mol. The molecular formula is C20H24N3O3S+. The molecule has 0 aliphatic rings. The fourth-order valence-electron chi connectivity index (χ4n) is 3.16. The first-order valence-electron chi connectivity index (χ1n) is 9.02. The summed E-state index contributed by atoms with van der Waals surface area (Å²) in [6.45, 7) is 7.95. The zero-order valence-corrected chi connectivity index (χ0v) is 16.7. The van der Waals surface area contributed by atoms with Gasteiger partial charge >= 0.3 is 5.97 Å². The fourth-order valence-corrected chi connectivity index (χ4v) is 4.24. The minimum atomic E-state index is -0.406. The summed E-state index contributed by atoms with van der Waals surface area (Å²) in [4.78, 5) is 33.3. The molecule has 2 heterocycles. The molecule has 2 atom stereocenters. The van der Waals surface area contributed by atoms with Gasteiger partial charge in [0.2, 0.25) is 0 Å². The number of quaternary nitrogens is 1. The van der Waals surface area contributed by atoms with Crippen LogP contribution >= 0.6 is 11.3 Å². The molecule has 0 unspecified atom stereocenters. The zero-order valence-electron chi connectivity index (χ0n) is 15.9. The van der Waals surface area contributed by atoms with E-state index in [4.69, 9.17) is 4.74 Å². The second-order valence-corrected chi connectivity index (χ2v) is 7.59. The number of nitrogens with one attached hydrogen (secondary N) is 1. The van der Waals surface area contributed by atoms with Gasteiger partial charge in [-0.2, -0.15) is 0 Å². The van der Waals surface area contributed by atoms with E-state index in [0.29, 0.717) is 33.1 Å². The number of carbonyl (C=O) groups is 1. The van der Waals surface area contributed by atoms with Crippen molar-refractivity contribution < 1.29 is 14.8 Å². The quantitative estimate of drug-likeness (QED) is 0.638. The lowest BCUT2D eigenvalue weighted by molar-refractivity contribution is -0.729. The van der Waals surface area contributed by atoms with Crippen LogP contribution in [0.15, 0.2) is 35.1 Å². The Morgan fingerprint density at radius 1 is 1.26 bits per heavy atom. The van der Waals surface area contributed by atoms with Crippen LogP contribution in [0.5, 0.6) is 0 Å². The van der Waals surface area contributed by atoms with Gasteiger partial charge in [0, 0.05) is 5.56 Å². The van der Waals surface area contributed by atoms with Gasteiger partial charge in [0.1, 0.15) is 21.8 Å². The van der Waals surface area contributed by atoms with E-state index < -0.39 is 5.97 Å². The van der Waals surface area contributed by atoms with Crippen LogP contribution < -0.4 is 10.9 Å². The molecule has 27 heavy (non-hydrogen) atoms. The van der Waals surface area contributed by atoms with Crippen molar-refractivity contribution in [3.63, 3.8) is 0 Å². The molecule has 0 radical (unpaired) electrons. The van der Waals surface area contributed by atoms with Crippen molar-refractivity contribution in [2.45, 2.75) is 39.8 Å². The van der Waals surface area contributed by atoms with Gasteiger partial charge in [0.15, 0.2) is 5.82 Å². The number of ether oxygens (including phenoxy) is 1. The number of fused-ring (bicyclic) bond motifs is 1. The van der Waals surface area contributed by atoms with Gasteiger partial charge in [0.25, 0.3) is 5.56 Å². The Balaban J connectivity index is 1.91. The number of aromatic amines is 1. The van der Waals surface area contributed by atoms with Crippen LogP contribution in [0.4, 0.5) is 0 Å². The summed E-state index contributed by atoms with van der Waals surface area (Å²) in [5.41, 5.74) is 1.62. The predicted octanol–water partition coefficient (Wildman–Crippen LogP) is 2.86. The first-order valence-corrected chi connectivity index (χ1v) is 9.84. The van der Waals surface area contributed by atoms with Crippen LogP contribution in [0.3, 0.4) is 0 Å². The van der Waals surface area contributed by atoms with E-state index in [1.807, 2.05) is 25.1 Å². The maximum atomic E-state index is 12.6. The summed E-state index contributed by atoms with van der Waals surface area (Å²) < 4.78 is 5.08. The molecule has 0 aliphatic carbocycles. The minimum absolute atomic E-state index is 0.0363. The SMILES string of the molecule is CCOC(=O)c1sc2nc([C@@H](C)[NH2+][C@@H](C)c3ccccc3)[nH]c(=O)c2c1C. The monoisotopic (exact) mass is 386 g/mol. The molecule has 7 heteroatoms. The summed E-state index contributed by atoms with van der Waals surface area (Å²) >= 11 is 1.21. The fraction of sp³-hybridized carbons (Fsp3) is 0.350. The predicted molar refractivity (Wildman–Crippen MR) is 106 cm³/mol. The largest absolute Gasteiger partial charge is 0.462 e. The number of nitrogens with zero attached hydrogens (tertiary/aromatic N) is 1. The number of carbonyl (C=O) groups excluding carboxylic acids is 1. The van der Waals surface area contributed by atoms with Crippen molar-refractivity contribution in [1.29, 1.82) is 0 Å². The Labute approximate surface area is 161 Å². The molecule has 6 nitrogen and oxygen atoms in total. The molecule has 142 valence electrons. The number of hydrogen-bond acceptors (Lipinski definition) is 5. The van der Waals surface area contributed by atoms with E-state index in [9.17, 15) is 9.59 Å². The van der Waals surface area contributed by atoms with Gasteiger partial charge in [-0.3, -0.25) is 4.79 Å². The van der Waals surface area contributed by atoms with Gasteiger partial charge in [-0.05, 0) is 33.3 Å². The number of hydrogen-bond donors (Lipinski definition) is 2. The lowest BCUT2D eigenvalue weighted by Crippen LogP contribution is -2.85. The first kappa shape index (κ1) is 19.3. The summed E-state index contributed by atoms with van der Waals surface area (Å²) in [5.74, 6) is 0.197. The van der Waals surface area contributed by atoms with Gasteiger partial charge in [-0.1, -0.05) is 30.3 Å². The number of H-pyrrole nitrogens is 1. The van der Waals surface area contributed by atoms with Gasteiger partial charge in [-0.15, -0.1) is 11.3 Å². The van der Waals surface area contributed by atoms with E-state index in [1.165, 1.54) is 16.9 Å². The Morgan fingerprint density at radius 3 is 2.63 bits per heavy atom. The minimum Gasteiger partial charge on any atom is -0.462 e. The third-order valence-corrected chi connectivity index (χ3v) is 5.78. The first-order chi connectivity index (χ1) is 12.9. The number of aromatic nitrogens is 2. The lowest BCUT2D eigenvalue weighted by Gasteiger charge is -2.16. The van der Waals surface area contributed by atoms with Crippen molar-refractivity contribution in [2.24, 2.45) is 0 Å². The van der Waals surface area contributed by atoms with Crippen molar-refractivity contribution in [3.8, 4) is 0 Å². The van der Waals surface area contributed by atoms with E-state index in [2.05, 4.69) is 34.3 Å². The maximum Gasteiger partial charge on any atom is 0.348 e. The van der Waals surface area contributed by atoms with Gasteiger partial charge in [0.05, 0.1) is 12.0 Å². The normalized spacial score (nSPS) is 13.5. The molecule has 0 saturated carbocycles. The third-order valence-electron chi connectivity index (χ3n) is 4.61.